The molecule has 0 saturated heterocycles. The summed E-state index contributed by atoms with van der Waals surface area (Å²) in [7, 11) is 4.00. The molecule has 0 aliphatic heterocycles. The van der Waals surface area contributed by atoms with Crippen LogP contribution in [0.15, 0.2) is 42.9 Å². The maximum Gasteiger partial charge on any atom is 0.228 e. The van der Waals surface area contributed by atoms with Crippen LogP contribution < -0.4 is 16.0 Å². The maximum atomic E-state index is 12.0. The topological polar surface area (TPSA) is 84.1 Å². The van der Waals surface area contributed by atoms with Gasteiger partial charge in [0.25, 0.3) is 0 Å². The van der Waals surface area contributed by atoms with E-state index in [2.05, 4.69) is 27.3 Å². The van der Waals surface area contributed by atoms with E-state index in [-0.39, 0.29) is 11.8 Å². The second-order valence-corrected chi connectivity index (χ2v) is 7.46. The second-order valence-electron chi connectivity index (χ2n) is 7.46. The quantitative estimate of drug-likeness (QED) is 0.502. The second kappa shape index (κ2) is 9.27. The highest BCUT2D eigenvalue weighted by atomic mass is 16.2. The Morgan fingerprint density at radius 2 is 2.03 bits per heavy atom. The molecule has 0 unspecified atom stereocenters. The first-order chi connectivity index (χ1) is 14.4. The van der Waals surface area contributed by atoms with Gasteiger partial charge in [0.05, 0.1) is 0 Å². The summed E-state index contributed by atoms with van der Waals surface area (Å²) < 4.78 is 0. The van der Waals surface area contributed by atoms with Crippen molar-refractivity contribution in [2.24, 2.45) is 5.92 Å². The Morgan fingerprint density at radius 1 is 1.30 bits per heavy atom. The van der Waals surface area contributed by atoms with Crippen LogP contribution in [-0.2, 0) is 4.79 Å². The average Bonchev–Trinajstić information content (AvgIpc) is 3.59. The molecule has 1 aliphatic carbocycles. The van der Waals surface area contributed by atoms with E-state index in [9.17, 15) is 4.79 Å². The van der Waals surface area contributed by atoms with Crippen molar-refractivity contribution in [3.63, 3.8) is 0 Å². The van der Waals surface area contributed by atoms with Crippen LogP contribution in [0.25, 0.3) is 21.9 Å². The SMILES string of the molecule is C#CCC.CN(C)c1ccncc1-c1cc(N)c2cnc(NC(=O)C3CC3)cc2c1. The number of hydrogen-bond donors (Lipinski definition) is 2. The molecule has 1 amide bonds. The number of fused-ring (bicyclic) bond motifs is 1. The number of benzene rings is 1. The monoisotopic (exact) mass is 401 g/mol. The third-order valence-corrected chi connectivity index (χ3v) is 4.86. The Morgan fingerprint density at radius 3 is 2.67 bits per heavy atom. The molecule has 2 heterocycles. The zero-order valence-electron chi connectivity index (χ0n) is 17.6. The number of rotatable bonds is 4. The number of hydrogen-bond acceptors (Lipinski definition) is 5. The number of pyridine rings is 2. The van der Waals surface area contributed by atoms with Crippen molar-refractivity contribution < 1.29 is 4.79 Å². The van der Waals surface area contributed by atoms with Crippen LogP contribution in [0.1, 0.15) is 26.2 Å². The van der Waals surface area contributed by atoms with Gasteiger partial charge in [0.2, 0.25) is 5.91 Å². The summed E-state index contributed by atoms with van der Waals surface area (Å²) in [4.78, 5) is 22.6. The summed E-state index contributed by atoms with van der Waals surface area (Å²) in [5.74, 6) is 3.18. The first kappa shape index (κ1) is 21.1. The number of nitrogens with zero attached hydrogens (tertiary/aromatic N) is 3. The highest BCUT2D eigenvalue weighted by Gasteiger charge is 2.29. The minimum Gasteiger partial charge on any atom is -0.398 e. The number of carbonyl (C=O) groups excluding carboxylic acids is 1. The van der Waals surface area contributed by atoms with E-state index in [1.54, 1.807) is 12.4 Å². The van der Waals surface area contributed by atoms with E-state index in [4.69, 9.17) is 12.2 Å². The Labute approximate surface area is 177 Å². The van der Waals surface area contributed by atoms with Crippen LogP contribution >= 0.6 is 0 Å². The summed E-state index contributed by atoms with van der Waals surface area (Å²) in [5, 5.41) is 4.70. The molecular formula is C24H27N5O. The van der Waals surface area contributed by atoms with Crippen molar-refractivity contribution in [3.8, 4) is 23.5 Å². The van der Waals surface area contributed by atoms with Gasteiger partial charge in [-0.2, -0.15) is 0 Å². The molecule has 0 radical (unpaired) electrons. The first-order valence-corrected chi connectivity index (χ1v) is 9.99. The molecule has 0 bridgehead atoms. The molecule has 1 saturated carbocycles. The Bertz CT molecular complexity index is 1100. The summed E-state index contributed by atoms with van der Waals surface area (Å²) in [5.41, 5.74) is 9.97. The standard InChI is InChI=1S/C20H21N5O.C4H6/c1-25(2)18-5-6-22-10-16(18)13-7-14-9-19(24-20(26)12-3-4-12)23-11-15(14)17(21)8-13;1-3-4-2/h5-12H,3-4,21H2,1-2H3,(H,23,24,26);1H,4H2,2H3. The van der Waals surface area contributed by atoms with Crippen LogP contribution in [0.3, 0.4) is 0 Å². The van der Waals surface area contributed by atoms with E-state index >= 15 is 0 Å². The number of carbonyl (C=O) groups is 1. The average molecular weight is 402 g/mol. The molecule has 30 heavy (non-hydrogen) atoms. The smallest absolute Gasteiger partial charge is 0.228 e. The van der Waals surface area contributed by atoms with Crippen LogP contribution in [0.5, 0.6) is 0 Å². The zero-order valence-corrected chi connectivity index (χ0v) is 17.6. The zero-order chi connectivity index (χ0) is 21.7. The molecule has 6 nitrogen and oxygen atoms in total. The van der Waals surface area contributed by atoms with Crippen molar-refractivity contribution >= 4 is 33.9 Å². The van der Waals surface area contributed by atoms with Crippen molar-refractivity contribution in [3.05, 3.63) is 42.9 Å². The lowest BCUT2D eigenvalue weighted by molar-refractivity contribution is -0.117. The van der Waals surface area contributed by atoms with Crippen LogP contribution in [-0.4, -0.2) is 30.0 Å². The Kier molecular flexibility index (Phi) is 6.53. The van der Waals surface area contributed by atoms with Crippen molar-refractivity contribution in [1.29, 1.82) is 0 Å². The molecule has 4 rings (SSSR count). The maximum absolute atomic E-state index is 12.0. The fourth-order valence-corrected chi connectivity index (χ4v) is 3.08. The van der Waals surface area contributed by atoms with Gasteiger partial charge < -0.3 is 16.0 Å². The molecule has 2 aromatic heterocycles. The first-order valence-electron chi connectivity index (χ1n) is 9.99. The van der Waals surface area contributed by atoms with Gasteiger partial charge in [-0.3, -0.25) is 9.78 Å². The fraction of sp³-hybridized carbons (Fsp3) is 0.292. The lowest BCUT2D eigenvalue weighted by atomic mass is 10.0. The normalized spacial score (nSPS) is 12.5. The molecule has 0 atom stereocenters. The van der Waals surface area contributed by atoms with E-state index < -0.39 is 0 Å². The minimum absolute atomic E-state index is 0.0446. The highest BCUT2D eigenvalue weighted by Crippen LogP contribution is 2.35. The van der Waals surface area contributed by atoms with Gasteiger partial charge in [-0.05, 0) is 48.1 Å². The van der Waals surface area contributed by atoms with Gasteiger partial charge in [-0.25, -0.2) is 4.98 Å². The summed E-state index contributed by atoms with van der Waals surface area (Å²) >= 11 is 0. The minimum atomic E-state index is 0.0446. The number of nitrogens with one attached hydrogen (secondary N) is 1. The van der Waals surface area contributed by atoms with Gasteiger partial charge in [0, 0.05) is 67.3 Å². The van der Waals surface area contributed by atoms with Crippen molar-refractivity contribution in [2.75, 3.05) is 30.0 Å². The molecule has 3 aromatic rings. The van der Waals surface area contributed by atoms with E-state index in [0.717, 1.165) is 46.8 Å². The molecular weight excluding hydrogens is 374 g/mol. The molecule has 1 aliphatic rings. The van der Waals surface area contributed by atoms with E-state index in [1.807, 2.05) is 50.3 Å². The largest absolute Gasteiger partial charge is 0.398 e. The third-order valence-electron chi connectivity index (χ3n) is 4.86. The predicted molar refractivity (Wildman–Crippen MR) is 124 cm³/mol. The number of terminal acetylenes is 1. The van der Waals surface area contributed by atoms with E-state index in [1.165, 1.54) is 0 Å². The van der Waals surface area contributed by atoms with Gasteiger partial charge in [-0.15, -0.1) is 12.3 Å². The summed E-state index contributed by atoms with van der Waals surface area (Å²) in [6.45, 7) is 1.94. The van der Waals surface area contributed by atoms with Gasteiger partial charge in [0.1, 0.15) is 5.82 Å². The van der Waals surface area contributed by atoms with Gasteiger partial charge in [0.15, 0.2) is 0 Å². The lowest BCUT2D eigenvalue weighted by Crippen LogP contribution is -2.14. The molecule has 154 valence electrons. The van der Waals surface area contributed by atoms with Gasteiger partial charge in [-0.1, -0.05) is 6.92 Å². The third kappa shape index (κ3) is 4.87. The summed E-state index contributed by atoms with van der Waals surface area (Å²) in [6.07, 6.45) is 12.9. The fourth-order valence-electron chi connectivity index (χ4n) is 3.08. The molecule has 0 spiro atoms. The van der Waals surface area contributed by atoms with Crippen LogP contribution in [0.4, 0.5) is 17.2 Å². The summed E-state index contributed by atoms with van der Waals surface area (Å²) in [6, 6.07) is 7.85. The lowest BCUT2D eigenvalue weighted by Gasteiger charge is -2.18. The molecule has 3 N–H and O–H groups in total. The number of nitrogen functional groups attached to an aromatic ring is 1. The number of nitrogens with two attached hydrogens (primary N) is 1. The van der Waals surface area contributed by atoms with Crippen molar-refractivity contribution in [1.82, 2.24) is 9.97 Å². The van der Waals surface area contributed by atoms with Crippen molar-refractivity contribution in [2.45, 2.75) is 26.2 Å². The van der Waals surface area contributed by atoms with Crippen LogP contribution in [0, 0.1) is 18.3 Å². The number of amides is 1. The number of aromatic nitrogens is 2. The Balaban J connectivity index is 0.000000589. The van der Waals surface area contributed by atoms with Crippen LogP contribution in [0.2, 0.25) is 0 Å². The Hall–Kier alpha value is -3.59. The highest BCUT2D eigenvalue weighted by molar-refractivity contribution is 6.00. The van der Waals surface area contributed by atoms with Gasteiger partial charge >= 0.3 is 0 Å². The molecule has 6 heteroatoms. The number of anilines is 3. The molecule has 1 fully saturated rings. The van der Waals surface area contributed by atoms with E-state index in [0.29, 0.717) is 11.5 Å². The molecule has 1 aromatic carbocycles. The predicted octanol–water partition coefficient (Wildman–Crippen LogP) is 4.32.